The molecule has 0 aliphatic heterocycles. The fraction of sp³-hybridized carbons (Fsp3) is 0.304. The Bertz CT molecular complexity index is 1230. The summed E-state index contributed by atoms with van der Waals surface area (Å²) < 4.78 is 53.1. The molecule has 180 valence electrons. The van der Waals surface area contributed by atoms with Crippen LogP contribution in [0.3, 0.4) is 0 Å². The number of aromatic hydroxyl groups is 1. The van der Waals surface area contributed by atoms with Gasteiger partial charge in [-0.3, -0.25) is 4.79 Å². The van der Waals surface area contributed by atoms with Gasteiger partial charge in [0.15, 0.2) is 11.6 Å². The van der Waals surface area contributed by atoms with Crippen molar-refractivity contribution in [2.75, 3.05) is 0 Å². The van der Waals surface area contributed by atoms with Gasteiger partial charge in [0.1, 0.15) is 11.2 Å². The Morgan fingerprint density at radius 2 is 1.74 bits per heavy atom. The predicted molar refractivity (Wildman–Crippen MR) is 118 cm³/mol. The van der Waals surface area contributed by atoms with Gasteiger partial charge in [-0.05, 0) is 61.7 Å². The van der Waals surface area contributed by atoms with E-state index in [9.17, 15) is 27.5 Å². The molecule has 0 aliphatic carbocycles. The first kappa shape index (κ1) is 25.4. The van der Waals surface area contributed by atoms with Gasteiger partial charge >= 0.3 is 12.2 Å². The van der Waals surface area contributed by atoms with Crippen LogP contribution in [-0.2, 0) is 17.8 Å². The van der Waals surface area contributed by atoms with Crippen molar-refractivity contribution < 1.29 is 27.5 Å². The molecule has 0 aliphatic rings. The van der Waals surface area contributed by atoms with E-state index in [-0.39, 0.29) is 34.6 Å². The third-order valence-corrected chi connectivity index (χ3v) is 5.64. The van der Waals surface area contributed by atoms with Gasteiger partial charge < -0.3 is 10.4 Å². The molecule has 34 heavy (non-hydrogen) atoms. The highest BCUT2D eigenvalue weighted by molar-refractivity contribution is 6.33. The fourth-order valence-corrected chi connectivity index (χ4v) is 3.19. The van der Waals surface area contributed by atoms with E-state index >= 15 is 0 Å². The summed E-state index contributed by atoms with van der Waals surface area (Å²) in [5.41, 5.74) is -0.978. The summed E-state index contributed by atoms with van der Waals surface area (Å²) in [7, 11) is 0. The van der Waals surface area contributed by atoms with Crippen LogP contribution >= 0.6 is 11.6 Å². The van der Waals surface area contributed by atoms with E-state index in [0.717, 1.165) is 13.8 Å². The van der Waals surface area contributed by atoms with Gasteiger partial charge in [0.25, 0.3) is 0 Å². The highest BCUT2D eigenvalue weighted by Gasteiger charge is 2.52. The predicted octanol–water partition coefficient (Wildman–Crippen LogP) is 5.47. The Kier molecular flexibility index (Phi) is 7.11. The standard InChI is InChI=1S/C23H21ClF4N4O2/c1-4-13-10-14(6-8-17(13)25)18-30-19(32-21(34)31-18)15-9-12(5-7-16(15)24)11-29-20(33)22(2,3)23(26,27)28/h5-10H,4,11H2,1-3H3,(H,29,33)(H,30,31,32,34). The molecule has 3 rings (SSSR count). The highest BCUT2D eigenvalue weighted by Crippen LogP contribution is 2.37. The second-order valence-corrected chi connectivity index (χ2v) is 8.47. The lowest BCUT2D eigenvalue weighted by Gasteiger charge is -2.26. The minimum Gasteiger partial charge on any atom is -0.479 e. The van der Waals surface area contributed by atoms with E-state index in [1.54, 1.807) is 13.0 Å². The average Bonchev–Trinajstić information content (AvgIpc) is 2.77. The second kappa shape index (κ2) is 9.54. The zero-order valence-electron chi connectivity index (χ0n) is 18.5. The first-order valence-corrected chi connectivity index (χ1v) is 10.6. The van der Waals surface area contributed by atoms with Crippen molar-refractivity contribution in [2.24, 2.45) is 5.41 Å². The van der Waals surface area contributed by atoms with Crippen LogP contribution in [0.4, 0.5) is 17.6 Å². The smallest absolute Gasteiger partial charge is 0.402 e. The maximum atomic E-state index is 13.9. The summed E-state index contributed by atoms with van der Waals surface area (Å²) in [5, 5.41) is 12.5. The van der Waals surface area contributed by atoms with Crippen molar-refractivity contribution in [3.05, 3.63) is 58.4 Å². The number of halogens is 5. The van der Waals surface area contributed by atoms with Crippen molar-refractivity contribution in [3.8, 4) is 28.8 Å². The molecule has 0 atom stereocenters. The molecule has 0 saturated carbocycles. The summed E-state index contributed by atoms with van der Waals surface area (Å²) in [6, 6.07) is 8.19. The minimum atomic E-state index is -4.71. The monoisotopic (exact) mass is 496 g/mol. The van der Waals surface area contributed by atoms with Crippen molar-refractivity contribution in [1.29, 1.82) is 0 Å². The van der Waals surface area contributed by atoms with Crippen LogP contribution in [0.2, 0.25) is 5.02 Å². The Labute approximate surface area is 198 Å². The number of nitrogens with one attached hydrogen (secondary N) is 1. The summed E-state index contributed by atoms with van der Waals surface area (Å²) in [4.78, 5) is 24.2. The van der Waals surface area contributed by atoms with E-state index in [1.807, 2.05) is 0 Å². The SMILES string of the molecule is CCc1cc(-c2nc(O)nc(-c3cc(CNC(=O)C(C)(C)C(F)(F)F)ccc3Cl)n2)ccc1F. The van der Waals surface area contributed by atoms with Gasteiger partial charge in [0.2, 0.25) is 5.91 Å². The first-order valence-electron chi connectivity index (χ1n) is 10.2. The molecule has 1 aromatic heterocycles. The number of hydrogen-bond donors (Lipinski definition) is 2. The molecule has 3 aromatic rings. The van der Waals surface area contributed by atoms with Gasteiger partial charge in [-0.1, -0.05) is 24.6 Å². The van der Waals surface area contributed by atoms with Gasteiger partial charge in [-0.15, -0.1) is 0 Å². The maximum Gasteiger partial charge on any atom is 0.402 e. The Balaban J connectivity index is 1.92. The zero-order valence-corrected chi connectivity index (χ0v) is 19.2. The molecule has 2 aromatic carbocycles. The van der Waals surface area contributed by atoms with Crippen LogP contribution in [0.5, 0.6) is 6.01 Å². The lowest BCUT2D eigenvalue weighted by Crippen LogP contribution is -2.46. The zero-order chi connectivity index (χ0) is 25.3. The van der Waals surface area contributed by atoms with E-state index in [0.29, 0.717) is 23.1 Å². The molecule has 11 heteroatoms. The van der Waals surface area contributed by atoms with E-state index in [1.165, 1.54) is 30.3 Å². The summed E-state index contributed by atoms with van der Waals surface area (Å²) >= 11 is 6.28. The highest BCUT2D eigenvalue weighted by atomic mass is 35.5. The van der Waals surface area contributed by atoms with Crippen LogP contribution in [-0.4, -0.2) is 32.1 Å². The third-order valence-electron chi connectivity index (χ3n) is 5.31. The number of benzene rings is 2. The quantitative estimate of drug-likeness (QED) is 0.442. The van der Waals surface area contributed by atoms with E-state index < -0.39 is 23.5 Å². The molecule has 0 radical (unpaired) electrons. The molecule has 1 heterocycles. The topological polar surface area (TPSA) is 88.0 Å². The summed E-state index contributed by atoms with van der Waals surface area (Å²) in [6.45, 7) is 3.18. The van der Waals surface area contributed by atoms with Crippen molar-refractivity contribution in [1.82, 2.24) is 20.3 Å². The van der Waals surface area contributed by atoms with Crippen LogP contribution < -0.4 is 5.32 Å². The van der Waals surface area contributed by atoms with Gasteiger partial charge in [-0.25, -0.2) is 9.37 Å². The number of carbonyl (C=O) groups is 1. The van der Waals surface area contributed by atoms with Crippen LogP contribution in [0.25, 0.3) is 22.8 Å². The molecule has 0 bridgehead atoms. The Hall–Kier alpha value is -3.27. The van der Waals surface area contributed by atoms with Gasteiger partial charge in [-0.2, -0.15) is 23.1 Å². The normalized spacial score (nSPS) is 12.0. The fourth-order valence-electron chi connectivity index (χ4n) is 2.98. The molecule has 0 unspecified atom stereocenters. The summed E-state index contributed by atoms with van der Waals surface area (Å²) in [6.07, 6.45) is -4.27. The lowest BCUT2D eigenvalue weighted by atomic mass is 9.91. The second-order valence-electron chi connectivity index (χ2n) is 8.06. The number of hydrogen-bond acceptors (Lipinski definition) is 5. The van der Waals surface area contributed by atoms with Gasteiger partial charge in [0.05, 0.1) is 5.02 Å². The number of aromatic nitrogens is 3. The lowest BCUT2D eigenvalue weighted by molar-refractivity contribution is -0.211. The van der Waals surface area contributed by atoms with Crippen LogP contribution in [0.15, 0.2) is 36.4 Å². The van der Waals surface area contributed by atoms with Crippen LogP contribution in [0.1, 0.15) is 31.9 Å². The molecule has 6 nitrogen and oxygen atoms in total. The molecule has 0 fully saturated rings. The summed E-state index contributed by atoms with van der Waals surface area (Å²) in [5.74, 6) is -1.48. The molecule has 1 amide bonds. The van der Waals surface area contributed by atoms with Crippen LogP contribution in [0, 0.1) is 11.2 Å². The third kappa shape index (κ3) is 5.27. The number of rotatable bonds is 6. The van der Waals surface area contributed by atoms with E-state index in [2.05, 4.69) is 20.3 Å². The number of nitrogens with zero attached hydrogens (tertiary/aromatic N) is 3. The molecule has 2 N–H and O–H groups in total. The number of carbonyl (C=O) groups excluding carboxylic acids is 1. The molecule has 0 saturated heterocycles. The molecular weight excluding hydrogens is 476 g/mol. The minimum absolute atomic E-state index is 0.00123. The average molecular weight is 497 g/mol. The van der Waals surface area contributed by atoms with Crippen molar-refractivity contribution in [2.45, 2.75) is 39.9 Å². The van der Waals surface area contributed by atoms with E-state index in [4.69, 9.17) is 11.6 Å². The number of aryl methyl sites for hydroxylation is 1. The largest absolute Gasteiger partial charge is 0.479 e. The molecule has 0 spiro atoms. The Morgan fingerprint density at radius 1 is 1.06 bits per heavy atom. The maximum absolute atomic E-state index is 13.9. The number of alkyl halides is 3. The number of amides is 1. The Morgan fingerprint density at radius 3 is 2.38 bits per heavy atom. The molecular formula is C23H21ClF4N4O2. The first-order chi connectivity index (χ1) is 15.8. The van der Waals surface area contributed by atoms with Crippen molar-refractivity contribution >= 4 is 17.5 Å². The van der Waals surface area contributed by atoms with Gasteiger partial charge in [0, 0.05) is 17.7 Å². The van der Waals surface area contributed by atoms with Crippen molar-refractivity contribution in [3.63, 3.8) is 0 Å².